The smallest absolute Gasteiger partial charge is 0.343 e. The van der Waals surface area contributed by atoms with Crippen LogP contribution in [0.25, 0.3) is 11.4 Å². The minimum atomic E-state index is -0.573. The predicted octanol–water partition coefficient (Wildman–Crippen LogP) is 1.70. The van der Waals surface area contributed by atoms with Crippen molar-refractivity contribution in [1.82, 2.24) is 35.8 Å². The molecule has 0 aliphatic rings. The summed E-state index contributed by atoms with van der Waals surface area (Å²) >= 11 is 1.13. The van der Waals surface area contributed by atoms with Gasteiger partial charge in [-0.25, -0.2) is 10.2 Å². The summed E-state index contributed by atoms with van der Waals surface area (Å²) in [5.41, 5.74) is 6.31. The first-order valence-electron chi connectivity index (χ1n) is 9.07. The summed E-state index contributed by atoms with van der Waals surface area (Å²) in [7, 11) is 3.07. The first-order chi connectivity index (χ1) is 15.0. The van der Waals surface area contributed by atoms with Crippen LogP contribution in [0, 0.1) is 6.92 Å². The SMILES string of the molecule is COc1ccc(-c2nnn(CC(=O)NNC(=O)NSc3ccc(C)cc3)n2)cc1OC. The fourth-order valence-electron chi connectivity index (χ4n) is 2.43. The predicted molar refractivity (Wildman–Crippen MR) is 113 cm³/mol. The van der Waals surface area contributed by atoms with Crippen molar-refractivity contribution in [3.63, 3.8) is 0 Å². The van der Waals surface area contributed by atoms with Gasteiger partial charge in [-0.1, -0.05) is 17.7 Å². The maximum atomic E-state index is 12.0. The number of urea groups is 1. The fraction of sp³-hybridized carbons (Fsp3) is 0.211. The molecule has 0 radical (unpaired) electrons. The van der Waals surface area contributed by atoms with E-state index in [4.69, 9.17) is 9.47 Å². The molecule has 11 nitrogen and oxygen atoms in total. The van der Waals surface area contributed by atoms with Crippen molar-refractivity contribution >= 4 is 23.9 Å². The quantitative estimate of drug-likeness (QED) is 0.371. The van der Waals surface area contributed by atoms with E-state index < -0.39 is 11.9 Å². The summed E-state index contributed by atoms with van der Waals surface area (Å²) in [6.07, 6.45) is 0. The molecule has 0 saturated heterocycles. The second-order valence-corrected chi connectivity index (χ2v) is 7.11. The Balaban J connectivity index is 1.48. The third kappa shape index (κ3) is 6.09. The maximum Gasteiger partial charge on any atom is 0.343 e. The molecular formula is C19H21N7O4S. The van der Waals surface area contributed by atoms with Gasteiger partial charge in [-0.2, -0.15) is 4.80 Å². The molecule has 0 unspecified atom stereocenters. The van der Waals surface area contributed by atoms with Gasteiger partial charge in [0.05, 0.1) is 14.2 Å². The van der Waals surface area contributed by atoms with E-state index in [1.165, 1.54) is 7.11 Å². The zero-order chi connectivity index (χ0) is 22.2. The average Bonchev–Trinajstić information content (AvgIpc) is 3.25. The highest BCUT2D eigenvalue weighted by atomic mass is 32.2. The van der Waals surface area contributed by atoms with Crippen LogP contribution in [0.15, 0.2) is 47.4 Å². The van der Waals surface area contributed by atoms with E-state index in [0.29, 0.717) is 22.9 Å². The second kappa shape index (κ2) is 10.3. The number of aromatic nitrogens is 4. The lowest BCUT2D eigenvalue weighted by atomic mass is 10.2. The number of rotatable bonds is 7. The number of ether oxygens (including phenoxy) is 2. The number of nitrogens with one attached hydrogen (secondary N) is 3. The Morgan fingerprint density at radius 1 is 1.03 bits per heavy atom. The number of amides is 3. The standard InChI is InChI=1S/C19H21N7O4S/c1-12-4-7-14(8-5-12)31-24-19(28)22-20-17(27)11-26-23-18(21-25-26)13-6-9-15(29-2)16(10-13)30-3/h4-10H,11H2,1-3H3,(H,20,27)(H2,22,24,28). The van der Waals surface area contributed by atoms with Crippen LogP contribution in [-0.4, -0.2) is 46.4 Å². The normalized spacial score (nSPS) is 10.3. The summed E-state index contributed by atoms with van der Waals surface area (Å²) in [6, 6.07) is 12.2. The van der Waals surface area contributed by atoms with Crippen molar-refractivity contribution in [1.29, 1.82) is 0 Å². The number of hydrogen-bond donors (Lipinski definition) is 3. The Morgan fingerprint density at radius 3 is 2.48 bits per heavy atom. The number of hydrogen-bond acceptors (Lipinski definition) is 8. The van der Waals surface area contributed by atoms with Crippen LogP contribution >= 0.6 is 11.9 Å². The van der Waals surface area contributed by atoms with Gasteiger partial charge in [-0.15, -0.1) is 10.2 Å². The third-order valence-electron chi connectivity index (χ3n) is 3.98. The van der Waals surface area contributed by atoms with Gasteiger partial charge in [-0.3, -0.25) is 14.9 Å². The first-order valence-corrected chi connectivity index (χ1v) is 9.88. The molecule has 0 aliphatic heterocycles. The van der Waals surface area contributed by atoms with E-state index in [2.05, 4.69) is 31.0 Å². The molecule has 3 amide bonds. The number of methoxy groups -OCH3 is 2. The number of carbonyl (C=O) groups excluding carboxylic acids is 2. The van der Waals surface area contributed by atoms with Crippen LogP contribution in [0.3, 0.4) is 0 Å². The highest BCUT2D eigenvalue weighted by Gasteiger charge is 2.13. The molecule has 0 atom stereocenters. The molecule has 12 heteroatoms. The van der Waals surface area contributed by atoms with Crippen molar-refractivity contribution in [3.05, 3.63) is 48.0 Å². The van der Waals surface area contributed by atoms with Gasteiger partial charge in [-0.05, 0) is 54.4 Å². The molecule has 2 aromatic carbocycles. The van der Waals surface area contributed by atoms with Crippen molar-refractivity contribution in [2.24, 2.45) is 0 Å². The van der Waals surface area contributed by atoms with Gasteiger partial charge in [0.2, 0.25) is 5.82 Å². The minimum Gasteiger partial charge on any atom is -0.493 e. The second-order valence-electron chi connectivity index (χ2n) is 6.23. The number of benzene rings is 2. The van der Waals surface area contributed by atoms with Crippen LogP contribution < -0.4 is 25.0 Å². The van der Waals surface area contributed by atoms with Crippen molar-refractivity contribution in [2.45, 2.75) is 18.4 Å². The van der Waals surface area contributed by atoms with Crippen molar-refractivity contribution in [3.8, 4) is 22.9 Å². The lowest BCUT2D eigenvalue weighted by molar-refractivity contribution is -0.122. The largest absolute Gasteiger partial charge is 0.493 e. The van der Waals surface area contributed by atoms with Gasteiger partial charge in [0.25, 0.3) is 5.91 Å². The maximum absolute atomic E-state index is 12.0. The molecule has 3 N–H and O–H groups in total. The number of aryl methyl sites for hydroxylation is 1. The zero-order valence-electron chi connectivity index (χ0n) is 17.1. The average molecular weight is 443 g/mol. The first kappa shape index (κ1) is 21.9. The van der Waals surface area contributed by atoms with Crippen molar-refractivity contribution < 1.29 is 19.1 Å². The Kier molecular flexibility index (Phi) is 7.27. The van der Waals surface area contributed by atoms with E-state index >= 15 is 0 Å². The Labute approximate surface area is 182 Å². The Bertz CT molecular complexity index is 1060. The van der Waals surface area contributed by atoms with Crippen LogP contribution in [0.5, 0.6) is 11.5 Å². The van der Waals surface area contributed by atoms with Crippen molar-refractivity contribution in [2.75, 3.05) is 14.2 Å². The molecule has 3 rings (SSSR count). The molecule has 1 aromatic heterocycles. The highest BCUT2D eigenvalue weighted by molar-refractivity contribution is 7.98. The molecule has 31 heavy (non-hydrogen) atoms. The van der Waals surface area contributed by atoms with E-state index in [1.54, 1.807) is 25.3 Å². The summed E-state index contributed by atoms with van der Waals surface area (Å²) < 4.78 is 13.0. The number of tetrazole rings is 1. The summed E-state index contributed by atoms with van der Waals surface area (Å²) in [6.45, 7) is 1.75. The summed E-state index contributed by atoms with van der Waals surface area (Å²) in [5, 5.41) is 12.0. The van der Waals surface area contributed by atoms with Crippen LogP contribution in [0.4, 0.5) is 4.79 Å². The molecule has 1 heterocycles. The van der Waals surface area contributed by atoms with Gasteiger partial charge in [0, 0.05) is 10.5 Å². The Morgan fingerprint density at radius 2 is 1.77 bits per heavy atom. The summed E-state index contributed by atoms with van der Waals surface area (Å²) in [4.78, 5) is 25.8. The Hall–Kier alpha value is -3.80. The molecule has 0 bridgehead atoms. The summed E-state index contributed by atoms with van der Waals surface area (Å²) in [5.74, 6) is 0.886. The molecule has 0 fully saturated rings. The highest BCUT2D eigenvalue weighted by Crippen LogP contribution is 2.30. The lowest BCUT2D eigenvalue weighted by Gasteiger charge is -2.08. The van der Waals surface area contributed by atoms with Gasteiger partial charge < -0.3 is 9.47 Å². The van der Waals surface area contributed by atoms with Gasteiger partial charge in [0.15, 0.2) is 11.5 Å². The van der Waals surface area contributed by atoms with Crippen LogP contribution in [0.2, 0.25) is 0 Å². The van der Waals surface area contributed by atoms with Gasteiger partial charge >= 0.3 is 6.03 Å². The third-order valence-corrected chi connectivity index (χ3v) is 4.77. The number of carbonyl (C=O) groups is 2. The van der Waals surface area contributed by atoms with Crippen LogP contribution in [0.1, 0.15) is 5.56 Å². The van der Waals surface area contributed by atoms with E-state index in [9.17, 15) is 9.59 Å². The van der Waals surface area contributed by atoms with Gasteiger partial charge in [0.1, 0.15) is 6.54 Å². The topological polar surface area (TPSA) is 132 Å². The van der Waals surface area contributed by atoms with E-state index in [1.807, 2.05) is 31.2 Å². The molecule has 0 aliphatic carbocycles. The monoisotopic (exact) mass is 443 g/mol. The minimum absolute atomic E-state index is 0.230. The molecule has 162 valence electrons. The van der Waals surface area contributed by atoms with E-state index in [-0.39, 0.29) is 6.54 Å². The van der Waals surface area contributed by atoms with Crippen LogP contribution in [-0.2, 0) is 11.3 Å². The number of nitrogens with zero attached hydrogens (tertiary/aromatic N) is 4. The lowest BCUT2D eigenvalue weighted by Crippen LogP contribution is -2.46. The zero-order valence-corrected chi connectivity index (χ0v) is 17.9. The molecule has 3 aromatic rings. The number of hydrazine groups is 1. The molecule has 0 saturated carbocycles. The van der Waals surface area contributed by atoms with E-state index in [0.717, 1.165) is 27.2 Å². The molecular weight excluding hydrogens is 422 g/mol. The molecule has 0 spiro atoms. The fourth-order valence-corrected chi connectivity index (χ4v) is 2.97.